The second-order valence-electron chi connectivity index (χ2n) is 3.87. The van der Waals surface area contributed by atoms with Gasteiger partial charge in [0, 0.05) is 17.8 Å². The largest absolute Gasteiger partial charge is 0.494 e. The minimum Gasteiger partial charge on any atom is -0.381 e. The van der Waals surface area contributed by atoms with Crippen LogP contribution in [0.2, 0.25) is 0 Å². The maximum Gasteiger partial charge on any atom is 0.494 e. The Morgan fingerprint density at radius 1 is 1.00 bits per heavy atom. The van der Waals surface area contributed by atoms with Gasteiger partial charge in [0.05, 0.1) is 0 Å². The predicted octanol–water partition coefficient (Wildman–Crippen LogP) is 3.75. The van der Waals surface area contributed by atoms with Crippen LogP contribution in [0.4, 0.5) is 5.69 Å². The first kappa shape index (κ1) is 12.7. The third-order valence-electron chi connectivity index (χ3n) is 2.63. The Morgan fingerprint density at radius 2 is 1.72 bits per heavy atom. The van der Waals surface area contributed by atoms with Crippen LogP contribution in [0.3, 0.4) is 0 Å². The number of anilines is 1. The van der Waals surface area contributed by atoms with E-state index in [4.69, 9.17) is 4.52 Å². The van der Waals surface area contributed by atoms with Crippen molar-refractivity contribution in [1.82, 2.24) is 0 Å². The van der Waals surface area contributed by atoms with Gasteiger partial charge in [-0.15, -0.1) is 4.52 Å². The standard InChI is InChI=1S/C14H15NO2P/c16-18-17-11-13-8-4-5-9-14(13)15-10-12-6-2-1-3-7-12/h1-9,15,18H,10-11H2/q+1. The molecular weight excluding hydrogens is 245 g/mol. The predicted molar refractivity (Wildman–Crippen MR) is 74.0 cm³/mol. The lowest BCUT2D eigenvalue weighted by molar-refractivity contribution is 0.333. The third kappa shape index (κ3) is 3.66. The first-order valence-electron chi connectivity index (χ1n) is 5.75. The van der Waals surface area contributed by atoms with Gasteiger partial charge in [0.15, 0.2) is 0 Å². The fraction of sp³-hybridized carbons (Fsp3) is 0.143. The molecule has 0 spiro atoms. The normalized spacial score (nSPS) is 10.4. The molecule has 0 amide bonds. The van der Waals surface area contributed by atoms with E-state index in [1.807, 2.05) is 42.5 Å². The van der Waals surface area contributed by atoms with Crippen LogP contribution in [-0.4, -0.2) is 0 Å². The molecule has 0 heterocycles. The average Bonchev–Trinajstić information content (AvgIpc) is 2.45. The SMILES string of the molecule is O=[PH+]OCc1ccccc1NCc1ccccc1. The third-order valence-corrected chi connectivity index (χ3v) is 2.89. The molecule has 2 aromatic carbocycles. The molecule has 1 unspecified atom stereocenters. The van der Waals surface area contributed by atoms with Gasteiger partial charge < -0.3 is 5.32 Å². The van der Waals surface area contributed by atoms with Crippen LogP contribution in [0.25, 0.3) is 0 Å². The summed E-state index contributed by atoms with van der Waals surface area (Å²) in [6.07, 6.45) is 0. The molecular formula is C14H15NO2P+. The first-order valence-corrected chi connectivity index (χ1v) is 6.56. The molecule has 0 aliphatic rings. The number of benzene rings is 2. The van der Waals surface area contributed by atoms with E-state index in [-0.39, 0.29) is 0 Å². The van der Waals surface area contributed by atoms with Crippen molar-refractivity contribution >= 4 is 14.4 Å². The monoisotopic (exact) mass is 260 g/mol. The second-order valence-corrected chi connectivity index (χ2v) is 4.32. The van der Waals surface area contributed by atoms with Crippen molar-refractivity contribution in [2.75, 3.05) is 5.32 Å². The Labute approximate surface area is 108 Å². The number of para-hydroxylation sites is 1. The molecule has 3 nitrogen and oxygen atoms in total. The highest BCUT2D eigenvalue weighted by Gasteiger charge is 2.03. The van der Waals surface area contributed by atoms with Crippen molar-refractivity contribution < 1.29 is 9.09 Å². The van der Waals surface area contributed by atoms with Gasteiger partial charge in [-0.1, -0.05) is 48.5 Å². The second kappa shape index (κ2) is 6.90. The fourth-order valence-electron chi connectivity index (χ4n) is 1.72. The van der Waals surface area contributed by atoms with Crippen LogP contribution < -0.4 is 5.32 Å². The van der Waals surface area contributed by atoms with Crippen molar-refractivity contribution in [3.8, 4) is 0 Å². The number of hydrogen-bond donors (Lipinski definition) is 1. The van der Waals surface area contributed by atoms with E-state index in [9.17, 15) is 4.57 Å². The Bertz CT molecular complexity index is 502. The maximum atomic E-state index is 10.4. The maximum absolute atomic E-state index is 10.4. The summed E-state index contributed by atoms with van der Waals surface area (Å²) in [5.74, 6) is 0. The van der Waals surface area contributed by atoms with E-state index in [0.29, 0.717) is 6.61 Å². The van der Waals surface area contributed by atoms with E-state index >= 15 is 0 Å². The van der Waals surface area contributed by atoms with Crippen molar-refractivity contribution in [1.29, 1.82) is 0 Å². The Balaban J connectivity index is 2.02. The first-order chi connectivity index (χ1) is 8.90. The summed E-state index contributed by atoms with van der Waals surface area (Å²) >= 11 is 0. The zero-order valence-electron chi connectivity index (χ0n) is 9.93. The van der Waals surface area contributed by atoms with Gasteiger partial charge in [-0.25, -0.2) is 0 Å². The Hall–Kier alpha value is -1.70. The summed E-state index contributed by atoms with van der Waals surface area (Å²) in [6, 6.07) is 18.1. The highest BCUT2D eigenvalue weighted by atomic mass is 31.1. The minimum absolute atomic E-state index is 0.361. The molecule has 0 radical (unpaired) electrons. The molecule has 0 saturated carbocycles. The van der Waals surface area contributed by atoms with Crippen molar-refractivity contribution in [3.63, 3.8) is 0 Å². The molecule has 2 rings (SSSR count). The van der Waals surface area contributed by atoms with E-state index in [2.05, 4.69) is 17.4 Å². The van der Waals surface area contributed by atoms with E-state index in [0.717, 1.165) is 17.8 Å². The summed E-state index contributed by atoms with van der Waals surface area (Å²) in [6.45, 7) is 1.12. The minimum atomic E-state index is -0.723. The van der Waals surface area contributed by atoms with Crippen LogP contribution in [0.1, 0.15) is 11.1 Å². The van der Waals surface area contributed by atoms with E-state index in [1.54, 1.807) is 0 Å². The fourth-order valence-corrected chi connectivity index (χ4v) is 1.93. The van der Waals surface area contributed by atoms with Gasteiger partial charge in [-0.2, -0.15) is 0 Å². The number of nitrogens with one attached hydrogen (secondary N) is 1. The molecule has 0 aromatic heterocycles. The van der Waals surface area contributed by atoms with Crippen LogP contribution in [-0.2, 0) is 22.2 Å². The Morgan fingerprint density at radius 3 is 2.50 bits per heavy atom. The van der Waals surface area contributed by atoms with Gasteiger partial charge in [-0.05, 0) is 16.2 Å². The number of hydrogen-bond acceptors (Lipinski definition) is 3. The van der Waals surface area contributed by atoms with Gasteiger partial charge in [0.1, 0.15) is 6.61 Å². The Kier molecular flexibility index (Phi) is 4.88. The zero-order chi connectivity index (χ0) is 12.6. The van der Waals surface area contributed by atoms with Gasteiger partial charge in [-0.3, -0.25) is 0 Å². The van der Waals surface area contributed by atoms with Gasteiger partial charge >= 0.3 is 8.69 Å². The molecule has 0 saturated heterocycles. The molecule has 1 N–H and O–H groups in total. The molecule has 4 heteroatoms. The van der Waals surface area contributed by atoms with Crippen LogP contribution in [0.5, 0.6) is 0 Å². The van der Waals surface area contributed by atoms with Crippen LogP contribution in [0.15, 0.2) is 54.6 Å². The van der Waals surface area contributed by atoms with Crippen molar-refractivity contribution in [3.05, 3.63) is 65.7 Å². The van der Waals surface area contributed by atoms with E-state index in [1.165, 1.54) is 5.56 Å². The molecule has 0 fully saturated rings. The lowest BCUT2D eigenvalue weighted by Gasteiger charge is -2.10. The summed E-state index contributed by atoms with van der Waals surface area (Å²) < 4.78 is 15.3. The van der Waals surface area contributed by atoms with Crippen molar-refractivity contribution in [2.45, 2.75) is 13.2 Å². The molecule has 1 atom stereocenters. The lowest BCUT2D eigenvalue weighted by atomic mass is 10.1. The molecule has 2 aromatic rings. The van der Waals surface area contributed by atoms with Crippen molar-refractivity contribution in [2.24, 2.45) is 0 Å². The molecule has 0 aliphatic carbocycles. The average molecular weight is 260 g/mol. The van der Waals surface area contributed by atoms with E-state index < -0.39 is 8.69 Å². The van der Waals surface area contributed by atoms with Crippen LogP contribution in [0, 0.1) is 0 Å². The molecule has 92 valence electrons. The molecule has 0 aliphatic heterocycles. The van der Waals surface area contributed by atoms with Gasteiger partial charge in [0.25, 0.3) is 0 Å². The summed E-state index contributed by atoms with van der Waals surface area (Å²) in [5, 5.41) is 3.36. The topological polar surface area (TPSA) is 38.3 Å². The molecule has 0 bridgehead atoms. The summed E-state index contributed by atoms with van der Waals surface area (Å²) in [7, 11) is -0.723. The quantitative estimate of drug-likeness (QED) is 0.804. The van der Waals surface area contributed by atoms with Gasteiger partial charge in [0.2, 0.25) is 0 Å². The van der Waals surface area contributed by atoms with Crippen LogP contribution >= 0.6 is 8.69 Å². The highest BCUT2D eigenvalue weighted by Crippen LogP contribution is 2.18. The zero-order valence-corrected chi connectivity index (χ0v) is 10.9. The number of rotatable bonds is 6. The summed E-state index contributed by atoms with van der Waals surface area (Å²) in [5.41, 5.74) is 3.25. The smallest absolute Gasteiger partial charge is 0.381 e. The highest BCUT2D eigenvalue weighted by molar-refractivity contribution is 7.17. The molecule has 18 heavy (non-hydrogen) atoms. The summed E-state index contributed by atoms with van der Waals surface area (Å²) in [4.78, 5) is 0. The lowest BCUT2D eigenvalue weighted by Crippen LogP contribution is -2.02.